The van der Waals surface area contributed by atoms with Crippen molar-refractivity contribution in [1.29, 1.82) is 0 Å². The number of carbonyl (C=O) groups is 1. The van der Waals surface area contributed by atoms with Gasteiger partial charge in [0.1, 0.15) is 11.9 Å². The molecule has 1 aliphatic rings. The van der Waals surface area contributed by atoms with Crippen LogP contribution in [0.15, 0.2) is 18.2 Å². The van der Waals surface area contributed by atoms with Crippen LogP contribution in [-0.4, -0.2) is 42.9 Å². The number of quaternary nitrogens is 1. The van der Waals surface area contributed by atoms with E-state index in [2.05, 4.69) is 39.0 Å². The van der Waals surface area contributed by atoms with Gasteiger partial charge in [-0.2, -0.15) is 0 Å². The molecule has 2 rings (SSSR count). The second kappa shape index (κ2) is 6.59. The van der Waals surface area contributed by atoms with Crippen LogP contribution >= 0.6 is 11.6 Å². The van der Waals surface area contributed by atoms with Crippen molar-refractivity contribution in [3.05, 3.63) is 34.9 Å². The Hall–Kier alpha value is -1.06. The number of nitrogens with one attached hydrogen (secondary N) is 1. The predicted molar refractivity (Wildman–Crippen MR) is 82.3 cm³/mol. The van der Waals surface area contributed by atoms with Crippen LogP contribution in [0.1, 0.15) is 29.7 Å². The fourth-order valence-corrected chi connectivity index (χ4v) is 3.26. The standard InChI is InChI=1S/C16H23ClN2O/c1-12-4-5-15(13(2)10-12)14(3)18-6-8-19(9-7-18)16(20)11-17/h4-5,10,14H,6-9,11H2,1-3H3/p+1/t14-/m0/s1. The monoisotopic (exact) mass is 295 g/mol. The van der Waals surface area contributed by atoms with E-state index < -0.39 is 0 Å². The van der Waals surface area contributed by atoms with Gasteiger partial charge in [-0.3, -0.25) is 4.79 Å². The first kappa shape index (κ1) is 15.3. The largest absolute Gasteiger partial charge is 0.330 e. The molecule has 0 aliphatic carbocycles. The Morgan fingerprint density at radius 1 is 1.35 bits per heavy atom. The molecule has 20 heavy (non-hydrogen) atoms. The number of hydrogen-bond acceptors (Lipinski definition) is 1. The molecule has 3 nitrogen and oxygen atoms in total. The SMILES string of the molecule is Cc1ccc([C@H](C)[NH+]2CCN(C(=O)CCl)CC2)c(C)c1. The van der Waals surface area contributed by atoms with E-state index in [9.17, 15) is 4.79 Å². The number of hydrogen-bond donors (Lipinski definition) is 1. The molecule has 0 unspecified atom stereocenters. The summed E-state index contributed by atoms with van der Waals surface area (Å²) in [6.07, 6.45) is 0. The van der Waals surface area contributed by atoms with E-state index >= 15 is 0 Å². The summed E-state index contributed by atoms with van der Waals surface area (Å²) in [6, 6.07) is 7.16. The van der Waals surface area contributed by atoms with Crippen molar-refractivity contribution in [3.8, 4) is 0 Å². The van der Waals surface area contributed by atoms with Crippen molar-refractivity contribution in [2.24, 2.45) is 0 Å². The molecule has 1 amide bonds. The molecule has 1 N–H and O–H groups in total. The quantitative estimate of drug-likeness (QED) is 0.836. The molecule has 1 heterocycles. The fourth-order valence-electron chi connectivity index (χ4n) is 3.09. The highest BCUT2D eigenvalue weighted by Crippen LogP contribution is 2.16. The van der Waals surface area contributed by atoms with Gasteiger partial charge in [0.15, 0.2) is 0 Å². The summed E-state index contributed by atoms with van der Waals surface area (Å²) in [5, 5.41) is 0. The van der Waals surface area contributed by atoms with Crippen LogP contribution in [0.25, 0.3) is 0 Å². The zero-order chi connectivity index (χ0) is 14.7. The number of nitrogens with zero attached hydrogens (tertiary/aromatic N) is 1. The average molecular weight is 296 g/mol. The lowest BCUT2D eigenvalue weighted by Gasteiger charge is -2.35. The Morgan fingerprint density at radius 2 is 2.00 bits per heavy atom. The third-order valence-electron chi connectivity index (χ3n) is 4.38. The minimum Gasteiger partial charge on any atom is -0.330 e. The van der Waals surface area contributed by atoms with Gasteiger partial charge >= 0.3 is 0 Å². The maximum absolute atomic E-state index is 11.6. The highest BCUT2D eigenvalue weighted by Gasteiger charge is 2.27. The lowest BCUT2D eigenvalue weighted by atomic mass is 9.99. The summed E-state index contributed by atoms with van der Waals surface area (Å²) in [4.78, 5) is 15.0. The molecular formula is C16H24ClN2O+. The molecule has 1 aromatic rings. The van der Waals surface area contributed by atoms with Gasteiger partial charge in [-0.05, 0) is 26.3 Å². The fraction of sp³-hybridized carbons (Fsp3) is 0.562. The first-order valence-electron chi connectivity index (χ1n) is 7.28. The molecular weight excluding hydrogens is 272 g/mol. The number of alkyl halides is 1. The number of benzene rings is 1. The van der Waals surface area contributed by atoms with E-state index in [4.69, 9.17) is 11.6 Å². The average Bonchev–Trinajstić information content (AvgIpc) is 2.46. The smallest absolute Gasteiger partial charge is 0.237 e. The summed E-state index contributed by atoms with van der Waals surface area (Å²) in [5.74, 6) is 0.159. The van der Waals surface area contributed by atoms with Crippen LogP contribution < -0.4 is 4.90 Å². The van der Waals surface area contributed by atoms with Crippen LogP contribution in [-0.2, 0) is 4.79 Å². The normalized spacial score (nSPS) is 18.1. The van der Waals surface area contributed by atoms with Crippen LogP contribution in [0.5, 0.6) is 0 Å². The third kappa shape index (κ3) is 3.33. The van der Waals surface area contributed by atoms with Gasteiger partial charge in [0, 0.05) is 5.56 Å². The van der Waals surface area contributed by atoms with Gasteiger partial charge in [0.05, 0.1) is 26.2 Å². The maximum atomic E-state index is 11.6. The van der Waals surface area contributed by atoms with Gasteiger partial charge in [-0.15, -0.1) is 11.6 Å². The molecule has 110 valence electrons. The minimum absolute atomic E-state index is 0.0601. The van der Waals surface area contributed by atoms with Gasteiger partial charge in [-0.1, -0.05) is 23.8 Å². The summed E-state index contributed by atoms with van der Waals surface area (Å²) in [5.41, 5.74) is 4.10. The summed E-state index contributed by atoms with van der Waals surface area (Å²) in [6.45, 7) is 10.2. The highest BCUT2D eigenvalue weighted by atomic mass is 35.5. The van der Waals surface area contributed by atoms with Crippen LogP contribution in [0.3, 0.4) is 0 Å². The number of aryl methyl sites for hydroxylation is 2. The molecule has 0 spiro atoms. The third-order valence-corrected chi connectivity index (χ3v) is 4.61. The van der Waals surface area contributed by atoms with Crippen LogP contribution in [0.4, 0.5) is 0 Å². The van der Waals surface area contributed by atoms with Gasteiger partial charge in [0.25, 0.3) is 0 Å². The molecule has 1 aromatic carbocycles. The molecule has 0 radical (unpaired) electrons. The molecule has 1 saturated heterocycles. The van der Waals surface area contributed by atoms with E-state index in [1.54, 1.807) is 4.90 Å². The zero-order valence-corrected chi connectivity index (χ0v) is 13.3. The Balaban J connectivity index is 2.01. The number of carbonyl (C=O) groups excluding carboxylic acids is 1. The van der Waals surface area contributed by atoms with Crippen LogP contribution in [0.2, 0.25) is 0 Å². The Kier molecular flexibility index (Phi) is 5.06. The van der Waals surface area contributed by atoms with Gasteiger partial charge < -0.3 is 9.80 Å². The van der Waals surface area contributed by atoms with Gasteiger partial charge in [-0.25, -0.2) is 0 Å². The summed E-state index contributed by atoms with van der Waals surface area (Å²) >= 11 is 5.62. The Labute approximate surface area is 126 Å². The lowest BCUT2D eigenvalue weighted by Crippen LogP contribution is -3.14. The summed E-state index contributed by atoms with van der Waals surface area (Å²) < 4.78 is 0. The van der Waals surface area contributed by atoms with E-state index in [-0.39, 0.29) is 11.8 Å². The van der Waals surface area contributed by atoms with Crippen molar-refractivity contribution < 1.29 is 9.69 Å². The van der Waals surface area contributed by atoms with Crippen LogP contribution in [0, 0.1) is 13.8 Å². The second-order valence-corrected chi connectivity index (χ2v) is 6.02. The summed E-state index contributed by atoms with van der Waals surface area (Å²) in [7, 11) is 0. The second-order valence-electron chi connectivity index (χ2n) is 5.75. The van der Waals surface area contributed by atoms with Crippen molar-refractivity contribution in [3.63, 3.8) is 0 Å². The van der Waals surface area contributed by atoms with E-state index in [0.29, 0.717) is 6.04 Å². The predicted octanol–water partition coefficient (Wildman–Crippen LogP) is 1.33. The lowest BCUT2D eigenvalue weighted by molar-refractivity contribution is -0.933. The first-order chi connectivity index (χ1) is 9.52. The first-order valence-corrected chi connectivity index (χ1v) is 7.82. The molecule has 0 saturated carbocycles. The number of amides is 1. The maximum Gasteiger partial charge on any atom is 0.237 e. The molecule has 1 fully saturated rings. The van der Waals surface area contributed by atoms with Crippen molar-refractivity contribution >= 4 is 17.5 Å². The van der Waals surface area contributed by atoms with E-state index in [1.165, 1.54) is 16.7 Å². The van der Waals surface area contributed by atoms with Crippen molar-refractivity contribution in [2.75, 3.05) is 32.1 Å². The highest BCUT2D eigenvalue weighted by molar-refractivity contribution is 6.27. The minimum atomic E-state index is 0.0601. The zero-order valence-electron chi connectivity index (χ0n) is 12.6. The van der Waals surface area contributed by atoms with E-state index in [0.717, 1.165) is 26.2 Å². The number of rotatable bonds is 3. The Bertz CT molecular complexity index is 481. The Morgan fingerprint density at radius 3 is 2.55 bits per heavy atom. The number of piperazine rings is 1. The molecule has 0 aromatic heterocycles. The van der Waals surface area contributed by atoms with E-state index in [1.807, 2.05) is 4.90 Å². The molecule has 4 heteroatoms. The van der Waals surface area contributed by atoms with Crippen molar-refractivity contribution in [1.82, 2.24) is 4.90 Å². The molecule has 1 atom stereocenters. The number of halogens is 1. The molecule has 0 bridgehead atoms. The molecule has 1 aliphatic heterocycles. The topological polar surface area (TPSA) is 24.8 Å². The van der Waals surface area contributed by atoms with Gasteiger partial charge in [0.2, 0.25) is 5.91 Å². The van der Waals surface area contributed by atoms with Crippen molar-refractivity contribution in [2.45, 2.75) is 26.8 Å².